The van der Waals surface area contributed by atoms with Crippen molar-refractivity contribution in [3.05, 3.63) is 82.4 Å². The molecule has 3 aromatic carbocycles. The Morgan fingerprint density at radius 2 is 1.25 bits per heavy atom. The number of benzene rings is 3. The second kappa shape index (κ2) is 13.4. The lowest BCUT2D eigenvalue weighted by Crippen LogP contribution is -2.21. The molecule has 0 amide bonds. The van der Waals surface area contributed by atoms with Crippen LogP contribution in [-0.2, 0) is 11.3 Å². The van der Waals surface area contributed by atoms with E-state index in [2.05, 4.69) is 0 Å². The Bertz CT molecular complexity index is 1320. The van der Waals surface area contributed by atoms with Gasteiger partial charge in [0.15, 0.2) is 34.8 Å². The van der Waals surface area contributed by atoms with Crippen LogP contribution >= 0.6 is 0 Å². The molecular formula is C31H32F6O3. The van der Waals surface area contributed by atoms with Gasteiger partial charge in [-0.1, -0.05) is 25.5 Å². The monoisotopic (exact) mass is 566 g/mol. The predicted molar refractivity (Wildman–Crippen MR) is 139 cm³/mol. The summed E-state index contributed by atoms with van der Waals surface area (Å²) in [5.41, 5.74) is -0.554. The highest BCUT2D eigenvalue weighted by molar-refractivity contribution is 5.66. The number of unbranched alkanes of at least 4 members (excludes halogenated alkanes) is 1. The lowest BCUT2D eigenvalue weighted by atomic mass is 9.82. The maximum absolute atomic E-state index is 15.1. The first-order valence-electron chi connectivity index (χ1n) is 13.6. The summed E-state index contributed by atoms with van der Waals surface area (Å²) in [4.78, 5) is 0. The van der Waals surface area contributed by atoms with E-state index in [4.69, 9.17) is 14.2 Å². The van der Waals surface area contributed by atoms with Crippen molar-refractivity contribution in [3.63, 3.8) is 0 Å². The van der Waals surface area contributed by atoms with Gasteiger partial charge < -0.3 is 14.2 Å². The summed E-state index contributed by atoms with van der Waals surface area (Å²) in [7, 11) is 0. The van der Waals surface area contributed by atoms with Gasteiger partial charge in [-0.3, -0.25) is 0 Å². The molecule has 0 aliphatic heterocycles. The SMILES string of the molecule is CCCCOc1ccc(COC2CCC(c3ccc(-c4ccc(OCC)c(F)c4F)c(F)c3F)CC2)c(F)c1F. The van der Waals surface area contributed by atoms with Crippen LogP contribution in [0.5, 0.6) is 11.5 Å². The van der Waals surface area contributed by atoms with E-state index in [-0.39, 0.29) is 53.4 Å². The van der Waals surface area contributed by atoms with Crippen molar-refractivity contribution in [1.29, 1.82) is 0 Å². The van der Waals surface area contributed by atoms with Crippen molar-refractivity contribution in [1.82, 2.24) is 0 Å². The number of rotatable bonds is 11. The summed E-state index contributed by atoms with van der Waals surface area (Å²) < 4.78 is 104. The first kappa shape index (κ1) is 29.8. The molecule has 1 fully saturated rings. The van der Waals surface area contributed by atoms with Gasteiger partial charge in [-0.2, -0.15) is 8.78 Å². The Labute approximate surface area is 230 Å². The van der Waals surface area contributed by atoms with Gasteiger partial charge in [0.25, 0.3) is 0 Å². The first-order valence-corrected chi connectivity index (χ1v) is 13.6. The van der Waals surface area contributed by atoms with E-state index in [1.165, 1.54) is 30.3 Å². The van der Waals surface area contributed by atoms with E-state index in [9.17, 15) is 17.6 Å². The molecule has 0 radical (unpaired) electrons. The Balaban J connectivity index is 1.38. The third kappa shape index (κ3) is 6.40. The molecule has 0 spiro atoms. The van der Waals surface area contributed by atoms with Crippen molar-refractivity contribution in [2.45, 2.75) is 71.0 Å². The van der Waals surface area contributed by atoms with Crippen LogP contribution in [-0.4, -0.2) is 19.3 Å². The minimum absolute atomic E-state index is 0.0733. The minimum atomic E-state index is -1.32. The molecule has 4 rings (SSSR count). The molecule has 9 heteroatoms. The summed E-state index contributed by atoms with van der Waals surface area (Å²) in [5, 5.41) is 0. The fourth-order valence-electron chi connectivity index (χ4n) is 4.96. The standard InChI is InChI=1S/C31H32F6O3/c1-3-5-16-39-25-14-8-19(26(32)30(25)36)17-40-20-9-6-18(7-10-20)21-11-12-22(28(34)27(21)33)23-13-15-24(38-4-2)31(37)29(23)35/h8,11-15,18,20H,3-7,9-10,16-17H2,1-2H3. The van der Waals surface area contributed by atoms with Crippen LogP contribution in [0.15, 0.2) is 36.4 Å². The van der Waals surface area contributed by atoms with Gasteiger partial charge >= 0.3 is 0 Å². The van der Waals surface area contributed by atoms with E-state index in [1.807, 2.05) is 6.92 Å². The zero-order chi connectivity index (χ0) is 28.8. The summed E-state index contributed by atoms with van der Waals surface area (Å²) in [5.74, 6) is -7.73. The third-order valence-electron chi connectivity index (χ3n) is 7.22. The molecule has 0 N–H and O–H groups in total. The first-order chi connectivity index (χ1) is 19.3. The number of hydrogen-bond donors (Lipinski definition) is 0. The number of halogens is 6. The fraction of sp³-hybridized carbons (Fsp3) is 0.419. The smallest absolute Gasteiger partial charge is 0.201 e. The number of ether oxygens (including phenoxy) is 3. The minimum Gasteiger partial charge on any atom is -0.491 e. The van der Waals surface area contributed by atoms with E-state index in [0.29, 0.717) is 32.3 Å². The van der Waals surface area contributed by atoms with Crippen molar-refractivity contribution in [3.8, 4) is 22.6 Å². The molecule has 0 heterocycles. The van der Waals surface area contributed by atoms with Crippen molar-refractivity contribution >= 4 is 0 Å². The average Bonchev–Trinajstić information content (AvgIpc) is 2.96. The molecule has 1 saturated carbocycles. The fourth-order valence-corrected chi connectivity index (χ4v) is 4.96. The lowest BCUT2D eigenvalue weighted by Gasteiger charge is -2.29. The van der Waals surface area contributed by atoms with E-state index in [0.717, 1.165) is 18.9 Å². The van der Waals surface area contributed by atoms with Crippen LogP contribution in [0.25, 0.3) is 11.1 Å². The van der Waals surface area contributed by atoms with Crippen molar-refractivity contribution in [2.24, 2.45) is 0 Å². The quantitative estimate of drug-likeness (QED) is 0.171. The maximum atomic E-state index is 15.1. The summed E-state index contributed by atoms with van der Waals surface area (Å²) in [6, 6.07) is 7.81. The van der Waals surface area contributed by atoms with Crippen LogP contribution in [0.1, 0.15) is 69.4 Å². The molecule has 40 heavy (non-hydrogen) atoms. The van der Waals surface area contributed by atoms with Gasteiger partial charge in [-0.15, -0.1) is 0 Å². The topological polar surface area (TPSA) is 27.7 Å². The van der Waals surface area contributed by atoms with Crippen molar-refractivity contribution in [2.75, 3.05) is 13.2 Å². The lowest BCUT2D eigenvalue weighted by molar-refractivity contribution is 0.0116. The Kier molecular flexibility index (Phi) is 10.0. The summed E-state index contributed by atoms with van der Waals surface area (Å²) in [6.45, 7) is 3.88. The Morgan fingerprint density at radius 1 is 0.650 bits per heavy atom. The van der Waals surface area contributed by atoms with Gasteiger partial charge in [-0.05, 0) is 74.8 Å². The zero-order valence-electron chi connectivity index (χ0n) is 22.5. The van der Waals surface area contributed by atoms with E-state index >= 15 is 8.78 Å². The zero-order valence-corrected chi connectivity index (χ0v) is 22.5. The van der Waals surface area contributed by atoms with Crippen LogP contribution in [0.4, 0.5) is 26.3 Å². The maximum Gasteiger partial charge on any atom is 0.201 e. The highest BCUT2D eigenvalue weighted by Gasteiger charge is 2.28. The average molecular weight is 567 g/mol. The molecule has 0 aromatic heterocycles. The summed E-state index contributed by atoms with van der Waals surface area (Å²) >= 11 is 0. The van der Waals surface area contributed by atoms with Gasteiger partial charge in [0.1, 0.15) is 0 Å². The third-order valence-corrected chi connectivity index (χ3v) is 7.22. The second-order valence-electron chi connectivity index (χ2n) is 9.84. The molecule has 1 aliphatic rings. The predicted octanol–water partition coefficient (Wildman–Crippen LogP) is 9.01. The van der Waals surface area contributed by atoms with E-state index in [1.54, 1.807) is 6.92 Å². The van der Waals surface area contributed by atoms with Gasteiger partial charge in [0.2, 0.25) is 11.6 Å². The second-order valence-corrected chi connectivity index (χ2v) is 9.84. The Morgan fingerprint density at radius 3 is 1.93 bits per heavy atom. The molecule has 3 nitrogen and oxygen atoms in total. The molecule has 0 unspecified atom stereocenters. The van der Waals surface area contributed by atoms with Crippen molar-refractivity contribution < 1.29 is 40.6 Å². The molecule has 0 atom stereocenters. The normalized spacial score (nSPS) is 17.2. The molecule has 3 aromatic rings. The highest BCUT2D eigenvalue weighted by atomic mass is 19.2. The van der Waals surface area contributed by atoms with Gasteiger partial charge in [0.05, 0.1) is 25.9 Å². The molecule has 216 valence electrons. The molecule has 0 saturated heterocycles. The van der Waals surface area contributed by atoms with Gasteiger partial charge in [0, 0.05) is 16.7 Å². The molecular weight excluding hydrogens is 534 g/mol. The molecule has 0 bridgehead atoms. The summed E-state index contributed by atoms with van der Waals surface area (Å²) in [6.07, 6.45) is 3.32. The van der Waals surface area contributed by atoms with Crippen LogP contribution in [0, 0.1) is 34.9 Å². The largest absolute Gasteiger partial charge is 0.491 e. The van der Waals surface area contributed by atoms with Gasteiger partial charge in [-0.25, -0.2) is 17.6 Å². The van der Waals surface area contributed by atoms with Crippen LogP contribution in [0.2, 0.25) is 0 Å². The number of hydrogen-bond acceptors (Lipinski definition) is 3. The van der Waals surface area contributed by atoms with E-state index < -0.39 is 40.5 Å². The Hall–Kier alpha value is -3.20. The molecule has 1 aliphatic carbocycles. The van der Waals surface area contributed by atoms with Crippen LogP contribution in [0.3, 0.4) is 0 Å². The van der Waals surface area contributed by atoms with Crippen LogP contribution < -0.4 is 9.47 Å². The highest BCUT2D eigenvalue weighted by Crippen LogP contribution is 2.39.